The minimum absolute atomic E-state index is 0.0949. The van der Waals surface area contributed by atoms with Gasteiger partial charge in [-0.15, -0.1) is 0 Å². The third-order valence-electron chi connectivity index (χ3n) is 2.86. The number of amides is 1. The number of benzene rings is 1. The standard InChI is InChI=1S/C15H18N2O2/c1-3-16-14-7-6-12(9-11(14)2)15(18)17-10-13-5-4-8-19-13/h4-9,16H,3,10H2,1-2H3,(H,17,18). The smallest absolute Gasteiger partial charge is 0.251 e. The van der Waals surface area contributed by atoms with E-state index in [4.69, 9.17) is 4.42 Å². The quantitative estimate of drug-likeness (QED) is 0.867. The van der Waals surface area contributed by atoms with E-state index >= 15 is 0 Å². The number of rotatable bonds is 5. The average molecular weight is 258 g/mol. The van der Waals surface area contributed by atoms with Crippen LogP contribution >= 0.6 is 0 Å². The lowest BCUT2D eigenvalue weighted by Gasteiger charge is -2.09. The highest BCUT2D eigenvalue weighted by Gasteiger charge is 2.07. The lowest BCUT2D eigenvalue weighted by molar-refractivity contribution is 0.0948. The van der Waals surface area contributed by atoms with Crippen LogP contribution in [0.4, 0.5) is 5.69 Å². The van der Waals surface area contributed by atoms with Crippen LogP contribution < -0.4 is 10.6 Å². The van der Waals surface area contributed by atoms with Crippen molar-refractivity contribution < 1.29 is 9.21 Å². The highest BCUT2D eigenvalue weighted by Crippen LogP contribution is 2.16. The molecule has 0 radical (unpaired) electrons. The van der Waals surface area contributed by atoms with Gasteiger partial charge >= 0.3 is 0 Å². The number of nitrogens with one attached hydrogen (secondary N) is 2. The Morgan fingerprint density at radius 3 is 2.79 bits per heavy atom. The molecule has 0 aliphatic rings. The number of aryl methyl sites for hydroxylation is 1. The summed E-state index contributed by atoms with van der Waals surface area (Å²) in [4.78, 5) is 12.0. The molecule has 19 heavy (non-hydrogen) atoms. The molecule has 0 aliphatic carbocycles. The largest absolute Gasteiger partial charge is 0.467 e. The Morgan fingerprint density at radius 1 is 1.32 bits per heavy atom. The van der Waals surface area contributed by atoms with Crippen LogP contribution in [0.3, 0.4) is 0 Å². The molecule has 0 aliphatic heterocycles. The molecule has 2 aromatic rings. The Labute approximate surface area is 112 Å². The number of hydrogen-bond acceptors (Lipinski definition) is 3. The molecular formula is C15H18N2O2. The molecule has 1 aromatic heterocycles. The van der Waals surface area contributed by atoms with Gasteiger partial charge in [0, 0.05) is 17.8 Å². The summed E-state index contributed by atoms with van der Waals surface area (Å²) in [5, 5.41) is 6.08. The van der Waals surface area contributed by atoms with Crippen molar-refractivity contribution in [1.29, 1.82) is 0 Å². The first-order valence-electron chi connectivity index (χ1n) is 6.36. The highest BCUT2D eigenvalue weighted by atomic mass is 16.3. The summed E-state index contributed by atoms with van der Waals surface area (Å²) in [7, 11) is 0. The predicted molar refractivity (Wildman–Crippen MR) is 75.2 cm³/mol. The molecule has 1 aromatic carbocycles. The molecule has 0 bridgehead atoms. The minimum atomic E-state index is -0.0949. The maximum Gasteiger partial charge on any atom is 0.251 e. The van der Waals surface area contributed by atoms with Crippen molar-refractivity contribution in [2.24, 2.45) is 0 Å². The van der Waals surface area contributed by atoms with Gasteiger partial charge in [0.15, 0.2) is 0 Å². The summed E-state index contributed by atoms with van der Waals surface area (Å²) in [6, 6.07) is 9.27. The molecular weight excluding hydrogens is 240 g/mol. The van der Waals surface area contributed by atoms with Crippen molar-refractivity contribution in [3.63, 3.8) is 0 Å². The molecule has 2 N–H and O–H groups in total. The summed E-state index contributed by atoms with van der Waals surface area (Å²) < 4.78 is 5.17. The van der Waals surface area contributed by atoms with Gasteiger partial charge in [0.2, 0.25) is 0 Å². The first-order chi connectivity index (χ1) is 9.20. The number of hydrogen-bond donors (Lipinski definition) is 2. The number of anilines is 1. The molecule has 0 fully saturated rings. The maximum atomic E-state index is 12.0. The predicted octanol–water partition coefficient (Wildman–Crippen LogP) is 2.95. The van der Waals surface area contributed by atoms with Crippen LogP contribution in [0.15, 0.2) is 41.0 Å². The van der Waals surface area contributed by atoms with Gasteiger partial charge in [0.05, 0.1) is 12.8 Å². The monoisotopic (exact) mass is 258 g/mol. The normalized spacial score (nSPS) is 10.2. The number of carbonyl (C=O) groups excluding carboxylic acids is 1. The van der Waals surface area contributed by atoms with Crippen molar-refractivity contribution in [3.05, 3.63) is 53.5 Å². The molecule has 0 saturated carbocycles. The lowest BCUT2D eigenvalue weighted by atomic mass is 10.1. The van der Waals surface area contributed by atoms with Crippen LogP contribution in [0.2, 0.25) is 0 Å². The van der Waals surface area contributed by atoms with Crippen molar-refractivity contribution in [3.8, 4) is 0 Å². The van der Waals surface area contributed by atoms with Crippen molar-refractivity contribution in [2.75, 3.05) is 11.9 Å². The van der Waals surface area contributed by atoms with Crippen molar-refractivity contribution >= 4 is 11.6 Å². The van der Waals surface area contributed by atoms with E-state index in [0.717, 1.165) is 23.6 Å². The summed E-state index contributed by atoms with van der Waals surface area (Å²) in [6.45, 7) is 5.30. The summed E-state index contributed by atoms with van der Waals surface area (Å²) in [5.74, 6) is 0.650. The Morgan fingerprint density at radius 2 is 2.16 bits per heavy atom. The van der Waals surface area contributed by atoms with Gasteiger partial charge in [-0.2, -0.15) is 0 Å². The zero-order valence-corrected chi connectivity index (χ0v) is 11.2. The zero-order valence-electron chi connectivity index (χ0n) is 11.2. The van der Waals surface area contributed by atoms with E-state index in [1.165, 1.54) is 0 Å². The fourth-order valence-corrected chi connectivity index (χ4v) is 1.88. The van der Waals surface area contributed by atoms with E-state index in [1.54, 1.807) is 12.3 Å². The van der Waals surface area contributed by atoms with Gasteiger partial charge in [-0.1, -0.05) is 0 Å². The van der Waals surface area contributed by atoms with E-state index in [1.807, 2.05) is 38.1 Å². The highest BCUT2D eigenvalue weighted by molar-refractivity contribution is 5.94. The topological polar surface area (TPSA) is 54.3 Å². The van der Waals surface area contributed by atoms with E-state index < -0.39 is 0 Å². The fraction of sp³-hybridized carbons (Fsp3) is 0.267. The van der Waals surface area contributed by atoms with Crippen LogP contribution in [0, 0.1) is 6.92 Å². The molecule has 0 spiro atoms. The van der Waals surface area contributed by atoms with E-state index in [2.05, 4.69) is 10.6 Å². The Kier molecular flexibility index (Phi) is 4.23. The second kappa shape index (κ2) is 6.09. The molecule has 4 nitrogen and oxygen atoms in total. The first-order valence-corrected chi connectivity index (χ1v) is 6.36. The molecule has 0 unspecified atom stereocenters. The summed E-state index contributed by atoms with van der Waals surface area (Å²) in [6.07, 6.45) is 1.59. The van der Waals surface area contributed by atoms with Crippen LogP contribution in [-0.2, 0) is 6.54 Å². The van der Waals surface area contributed by atoms with E-state index in [-0.39, 0.29) is 5.91 Å². The van der Waals surface area contributed by atoms with Crippen LogP contribution in [0.25, 0.3) is 0 Å². The first kappa shape index (κ1) is 13.2. The molecule has 2 rings (SSSR count). The van der Waals surface area contributed by atoms with E-state index in [0.29, 0.717) is 12.1 Å². The molecule has 0 saturated heterocycles. The van der Waals surface area contributed by atoms with Gasteiger partial charge in [0.1, 0.15) is 5.76 Å². The average Bonchev–Trinajstić information content (AvgIpc) is 2.91. The Bertz CT molecular complexity index is 547. The minimum Gasteiger partial charge on any atom is -0.467 e. The van der Waals surface area contributed by atoms with E-state index in [9.17, 15) is 4.79 Å². The van der Waals surface area contributed by atoms with Gasteiger partial charge in [-0.25, -0.2) is 0 Å². The van der Waals surface area contributed by atoms with Crippen LogP contribution in [-0.4, -0.2) is 12.5 Å². The van der Waals surface area contributed by atoms with Gasteiger partial charge in [0.25, 0.3) is 5.91 Å². The number of carbonyl (C=O) groups is 1. The summed E-state index contributed by atoms with van der Waals surface area (Å²) in [5.41, 5.74) is 2.78. The molecule has 1 amide bonds. The van der Waals surface area contributed by atoms with Gasteiger partial charge < -0.3 is 15.1 Å². The number of furan rings is 1. The van der Waals surface area contributed by atoms with Gasteiger partial charge in [-0.3, -0.25) is 4.79 Å². The SMILES string of the molecule is CCNc1ccc(C(=O)NCc2ccco2)cc1C. The zero-order chi connectivity index (χ0) is 13.7. The van der Waals surface area contributed by atoms with Crippen LogP contribution in [0.5, 0.6) is 0 Å². The molecule has 100 valence electrons. The summed E-state index contributed by atoms with van der Waals surface area (Å²) >= 11 is 0. The second-order valence-electron chi connectivity index (χ2n) is 4.32. The third-order valence-corrected chi connectivity index (χ3v) is 2.86. The van der Waals surface area contributed by atoms with Crippen LogP contribution in [0.1, 0.15) is 28.6 Å². The van der Waals surface area contributed by atoms with Gasteiger partial charge in [-0.05, 0) is 49.7 Å². The Balaban J connectivity index is 2.01. The van der Waals surface area contributed by atoms with Crippen molar-refractivity contribution in [2.45, 2.75) is 20.4 Å². The Hall–Kier alpha value is -2.23. The molecule has 4 heteroatoms. The maximum absolute atomic E-state index is 12.0. The second-order valence-corrected chi connectivity index (χ2v) is 4.32. The lowest BCUT2D eigenvalue weighted by Crippen LogP contribution is -2.22. The fourth-order valence-electron chi connectivity index (χ4n) is 1.88. The van der Waals surface area contributed by atoms with Crippen molar-refractivity contribution in [1.82, 2.24) is 5.32 Å². The third kappa shape index (κ3) is 3.37. The molecule has 0 atom stereocenters. The molecule has 1 heterocycles.